The zero-order valence-corrected chi connectivity index (χ0v) is 16.9. The lowest BCUT2D eigenvalue weighted by Gasteiger charge is -2.26. The van der Waals surface area contributed by atoms with Gasteiger partial charge in [-0.15, -0.1) is 0 Å². The number of imidazole rings is 1. The maximum Gasteiger partial charge on any atom is 0.410 e. The van der Waals surface area contributed by atoms with Gasteiger partial charge in [0.05, 0.1) is 6.54 Å². The van der Waals surface area contributed by atoms with E-state index in [9.17, 15) is 9.59 Å². The van der Waals surface area contributed by atoms with Crippen molar-refractivity contribution in [3.8, 4) is 0 Å². The smallest absolute Gasteiger partial charge is 0.410 e. The molecule has 1 aromatic carbocycles. The molecule has 0 spiro atoms. The van der Waals surface area contributed by atoms with Gasteiger partial charge in [-0.05, 0) is 17.2 Å². The topological polar surface area (TPSA) is 89.4 Å². The molecular formula is C21H20ClN5O3. The van der Waals surface area contributed by atoms with Crippen molar-refractivity contribution in [1.82, 2.24) is 24.8 Å². The first-order valence-corrected chi connectivity index (χ1v) is 9.86. The molecule has 1 N–H and O–H groups in total. The van der Waals surface area contributed by atoms with Crippen molar-refractivity contribution >= 4 is 23.6 Å². The predicted molar refractivity (Wildman–Crippen MR) is 110 cm³/mol. The first-order valence-electron chi connectivity index (χ1n) is 9.49. The number of ether oxygens (including phenoxy) is 1. The highest BCUT2D eigenvalue weighted by molar-refractivity contribution is 6.29. The molecule has 0 aliphatic carbocycles. The van der Waals surface area contributed by atoms with Gasteiger partial charge in [-0.1, -0.05) is 48.0 Å². The molecule has 8 nitrogen and oxygen atoms in total. The third kappa shape index (κ3) is 4.77. The molecule has 0 saturated heterocycles. The first kappa shape index (κ1) is 19.9. The molecule has 0 saturated carbocycles. The second kappa shape index (κ2) is 8.96. The zero-order valence-electron chi connectivity index (χ0n) is 16.1. The molecule has 4 rings (SSSR count). The Morgan fingerprint density at radius 1 is 1.10 bits per heavy atom. The van der Waals surface area contributed by atoms with Crippen LogP contribution in [0.25, 0.3) is 0 Å². The van der Waals surface area contributed by atoms with E-state index in [1.165, 1.54) is 0 Å². The van der Waals surface area contributed by atoms with Crippen molar-refractivity contribution in [2.45, 2.75) is 26.2 Å². The predicted octanol–water partition coefficient (Wildman–Crippen LogP) is 3.01. The van der Waals surface area contributed by atoms with Crippen molar-refractivity contribution < 1.29 is 14.3 Å². The number of fused-ring (bicyclic) bond motifs is 1. The monoisotopic (exact) mass is 425 g/mol. The number of rotatable bonds is 5. The molecule has 9 heteroatoms. The Kier molecular flexibility index (Phi) is 5.94. The van der Waals surface area contributed by atoms with E-state index >= 15 is 0 Å². The van der Waals surface area contributed by atoms with Crippen molar-refractivity contribution in [2.24, 2.45) is 0 Å². The van der Waals surface area contributed by atoms with E-state index in [0.717, 1.165) is 11.1 Å². The molecular weight excluding hydrogens is 406 g/mol. The molecule has 0 atom stereocenters. The first-order chi connectivity index (χ1) is 14.6. The van der Waals surface area contributed by atoms with Gasteiger partial charge in [-0.3, -0.25) is 9.69 Å². The maximum absolute atomic E-state index is 12.4. The van der Waals surface area contributed by atoms with E-state index in [1.807, 2.05) is 34.9 Å². The van der Waals surface area contributed by atoms with E-state index in [1.54, 1.807) is 29.4 Å². The van der Waals surface area contributed by atoms with Gasteiger partial charge in [-0.25, -0.2) is 14.8 Å². The summed E-state index contributed by atoms with van der Waals surface area (Å²) in [7, 11) is 0. The molecule has 154 valence electrons. The Morgan fingerprint density at radius 3 is 2.70 bits per heavy atom. The average molecular weight is 426 g/mol. The number of pyridine rings is 1. The van der Waals surface area contributed by atoms with Crippen LogP contribution < -0.4 is 5.32 Å². The quantitative estimate of drug-likeness (QED) is 0.635. The summed E-state index contributed by atoms with van der Waals surface area (Å²) in [6.07, 6.45) is 2.92. The van der Waals surface area contributed by atoms with E-state index in [-0.39, 0.29) is 12.5 Å². The molecule has 3 aromatic rings. The highest BCUT2D eigenvalue weighted by Gasteiger charge is 2.25. The minimum absolute atomic E-state index is 0.220. The summed E-state index contributed by atoms with van der Waals surface area (Å²) in [6.45, 7) is 1.88. The summed E-state index contributed by atoms with van der Waals surface area (Å²) < 4.78 is 7.28. The Morgan fingerprint density at radius 2 is 1.93 bits per heavy atom. The number of nitrogens with one attached hydrogen (secondary N) is 1. The van der Waals surface area contributed by atoms with Gasteiger partial charge in [0, 0.05) is 32.0 Å². The van der Waals surface area contributed by atoms with Crippen LogP contribution in [0.5, 0.6) is 0 Å². The number of carbonyl (C=O) groups is 2. The van der Waals surface area contributed by atoms with Gasteiger partial charge in [0.1, 0.15) is 23.3 Å². The van der Waals surface area contributed by atoms with E-state index in [4.69, 9.17) is 16.3 Å². The molecule has 30 heavy (non-hydrogen) atoms. The lowest BCUT2D eigenvalue weighted by molar-refractivity contribution is 0.0861. The molecule has 2 amide bonds. The van der Waals surface area contributed by atoms with Crippen molar-refractivity contribution in [2.75, 3.05) is 6.54 Å². The summed E-state index contributed by atoms with van der Waals surface area (Å²) >= 11 is 5.77. The Balaban J connectivity index is 1.32. The summed E-state index contributed by atoms with van der Waals surface area (Å²) in [6, 6.07) is 13.0. The van der Waals surface area contributed by atoms with Gasteiger partial charge in [0.15, 0.2) is 0 Å². The molecule has 2 aromatic heterocycles. The summed E-state index contributed by atoms with van der Waals surface area (Å²) in [5.41, 5.74) is 2.08. The molecule has 0 radical (unpaired) electrons. The SMILES string of the molecule is O=C(NCc1ccc(Cl)nc1)c1cn2c(n1)CN(C(=O)OCc1ccccc1)CC2. The summed E-state index contributed by atoms with van der Waals surface area (Å²) in [4.78, 5) is 34.8. The largest absolute Gasteiger partial charge is 0.445 e. The van der Waals surface area contributed by atoms with Crippen LogP contribution in [0.1, 0.15) is 27.4 Å². The fourth-order valence-corrected chi connectivity index (χ4v) is 3.22. The van der Waals surface area contributed by atoms with Crippen LogP contribution in [0.2, 0.25) is 5.15 Å². The van der Waals surface area contributed by atoms with Crippen LogP contribution in [0.4, 0.5) is 4.79 Å². The average Bonchev–Trinajstić information content (AvgIpc) is 3.21. The minimum atomic E-state index is -0.394. The fourth-order valence-electron chi connectivity index (χ4n) is 3.11. The van der Waals surface area contributed by atoms with Crippen LogP contribution in [0, 0.1) is 0 Å². The third-order valence-electron chi connectivity index (χ3n) is 4.74. The lowest BCUT2D eigenvalue weighted by Crippen LogP contribution is -2.38. The van der Waals surface area contributed by atoms with Crippen LogP contribution in [0.15, 0.2) is 54.9 Å². The standard InChI is InChI=1S/C21H20ClN5O3/c22-18-7-6-16(10-23-18)11-24-20(28)17-12-26-8-9-27(13-19(26)25-17)21(29)30-14-15-4-2-1-3-5-15/h1-7,10,12H,8-9,11,13-14H2,(H,24,28). The zero-order chi connectivity index (χ0) is 20.9. The van der Waals surface area contributed by atoms with Gasteiger partial charge in [-0.2, -0.15) is 0 Å². The highest BCUT2D eigenvalue weighted by Crippen LogP contribution is 2.15. The fraction of sp³-hybridized carbons (Fsp3) is 0.238. The Labute approximate surface area is 178 Å². The molecule has 1 aliphatic rings. The van der Waals surface area contributed by atoms with Crippen molar-refractivity contribution in [3.05, 3.63) is 82.7 Å². The molecule has 3 heterocycles. The highest BCUT2D eigenvalue weighted by atomic mass is 35.5. The third-order valence-corrected chi connectivity index (χ3v) is 4.96. The van der Waals surface area contributed by atoms with Crippen LogP contribution in [0.3, 0.4) is 0 Å². The second-order valence-electron chi connectivity index (χ2n) is 6.87. The summed E-state index contributed by atoms with van der Waals surface area (Å²) in [5.74, 6) is 0.362. The molecule has 0 bridgehead atoms. The van der Waals surface area contributed by atoms with Crippen molar-refractivity contribution in [1.29, 1.82) is 0 Å². The van der Waals surface area contributed by atoms with E-state index in [0.29, 0.717) is 42.9 Å². The van der Waals surface area contributed by atoms with Crippen LogP contribution in [-0.4, -0.2) is 38.0 Å². The number of hydrogen-bond acceptors (Lipinski definition) is 5. The van der Waals surface area contributed by atoms with Gasteiger partial charge < -0.3 is 14.6 Å². The normalized spacial score (nSPS) is 12.9. The number of halogens is 1. The van der Waals surface area contributed by atoms with Crippen LogP contribution in [-0.2, 0) is 31.0 Å². The van der Waals surface area contributed by atoms with Crippen LogP contribution >= 0.6 is 11.6 Å². The van der Waals surface area contributed by atoms with Gasteiger partial charge in [0.25, 0.3) is 5.91 Å². The van der Waals surface area contributed by atoms with E-state index < -0.39 is 6.09 Å². The Bertz CT molecular complexity index is 1040. The molecule has 1 aliphatic heterocycles. The van der Waals surface area contributed by atoms with Gasteiger partial charge in [0.2, 0.25) is 0 Å². The van der Waals surface area contributed by atoms with Crippen molar-refractivity contribution in [3.63, 3.8) is 0 Å². The number of benzene rings is 1. The van der Waals surface area contributed by atoms with Gasteiger partial charge >= 0.3 is 6.09 Å². The number of nitrogens with zero attached hydrogens (tertiary/aromatic N) is 4. The van der Waals surface area contributed by atoms with E-state index in [2.05, 4.69) is 15.3 Å². The molecule has 0 unspecified atom stereocenters. The number of carbonyl (C=O) groups excluding carboxylic acids is 2. The lowest BCUT2D eigenvalue weighted by atomic mass is 10.2. The maximum atomic E-state index is 12.4. The number of hydrogen-bond donors (Lipinski definition) is 1. The number of aromatic nitrogens is 3. The Hall–Kier alpha value is -3.39. The minimum Gasteiger partial charge on any atom is -0.445 e. The second-order valence-corrected chi connectivity index (χ2v) is 7.26. The number of amides is 2. The molecule has 0 fully saturated rings. The summed E-state index contributed by atoms with van der Waals surface area (Å²) in [5, 5.41) is 3.21.